The maximum atomic E-state index is 4.28. The number of benzene rings is 3. The van der Waals surface area contributed by atoms with Crippen molar-refractivity contribution >= 4 is 36.9 Å². The van der Waals surface area contributed by atoms with Gasteiger partial charge in [0.05, 0.1) is 0 Å². The third-order valence-electron chi connectivity index (χ3n) is 3.83. The Labute approximate surface area is 149 Å². The summed E-state index contributed by atoms with van der Waals surface area (Å²) in [4.78, 5) is 0. The standard InChI is InChI=1S/C23H20S/c24-18-23-16-14-22(15-17-23)13-12-21-10-8-20(9-11-21)7-6-19-4-2-1-3-5-19/h1-17,24H,18H2/b7-6+,13-12+. The molecule has 0 amide bonds. The molecule has 0 saturated carbocycles. The van der Waals surface area contributed by atoms with Gasteiger partial charge in [-0.1, -0.05) is 103 Å². The molecule has 0 atom stereocenters. The predicted molar refractivity (Wildman–Crippen MR) is 110 cm³/mol. The van der Waals surface area contributed by atoms with Crippen LogP contribution in [0.4, 0.5) is 0 Å². The highest BCUT2D eigenvalue weighted by Crippen LogP contribution is 2.13. The molecule has 0 N–H and O–H groups in total. The van der Waals surface area contributed by atoms with E-state index in [4.69, 9.17) is 0 Å². The molecule has 0 nitrogen and oxygen atoms in total. The van der Waals surface area contributed by atoms with Crippen molar-refractivity contribution in [3.63, 3.8) is 0 Å². The number of hydrogen-bond donors (Lipinski definition) is 1. The maximum absolute atomic E-state index is 4.28. The summed E-state index contributed by atoms with van der Waals surface area (Å²) >= 11 is 4.28. The summed E-state index contributed by atoms with van der Waals surface area (Å²) in [7, 11) is 0. The fourth-order valence-electron chi connectivity index (χ4n) is 2.40. The zero-order chi connectivity index (χ0) is 16.6. The van der Waals surface area contributed by atoms with Gasteiger partial charge < -0.3 is 0 Å². The fourth-order valence-corrected chi connectivity index (χ4v) is 2.61. The van der Waals surface area contributed by atoms with Crippen LogP contribution >= 0.6 is 12.6 Å². The van der Waals surface area contributed by atoms with Gasteiger partial charge in [0.15, 0.2) is 0 Å². The van der Waals surface area contributed by atoms with Crippen LogP contribution in [0.2, 0.25) is 0 Å². The van der Waals surface area contributed by atoms with Gasteiger partial charge in [0.2, 0.25) is 0 Å². The van der Waals surface area contributed by atoms with Gasteiger partial charge in [-0.2, -0.15) is 12.6 Å². The first-order valence-electron chi connectivity index (χ1n) is 8.04. The Hall–Kier alpha value is -2.51. The minimum atomic E-state index is 0.780. The second kappa shape index (κ2) is 8.37. The third kappa shape index (κ3) is 4.74. The van der Waals surface area contributed by atoms with Crippen molar-refractivity contribution in [1.82, 2.24) is 0 Å². The highest BCUT2D eigenvalue weighted by Gasteiger charge is 1.92. The summed E-state index contributed by atoms with van der Waals surface area (Å²) in [6.07, 6.45) is 8.55. The van der Waals surface area contributed by atoms with Gasteiger partial charge in [-0.05, 0) is 27.8 Å². The van der Waals surface area contributed by atoms with Crippen LogP contribution in [-0.4, -0.2) is 0 Å². The monoisotopic (exact) mass is 328 g/mol. The molecule has 0 aliphatic rings. The molecule has 118 valence electrons. The van der Waals surface area contributed by atoms with Crippen LogP contribution in [0, 0.1) is 0 Å². The molecular formula is C23H20S. The fraction of sp³-hybridized carbons (Fsp3) is 0.0435. The molecule has 24 heavy (non-hydrogen) atoms. The minimum Gasteiger partial charge on any atom is -0.175 e. The van der Waals surface area contributed by atoms with Gasteiger partial charge in [0.25, 0.3) is 0 Å². The molecule has 0 aromatic heterocycles. The van der Waals surface area contributed by atoms with Gasteiger partial charge in [-0.15, -0.1) is 0 Å². The summed E-state index contributed by atoms with van der Waals surface area (Å²) in [5, 5.41) is 0. The Balaban J connectivity index is 1.65. The number of rotatable bonds is 5. The van der Waals surface area contributed by atoms with Crippen molar-refractivity contribution < 1.29 is 0 Å². The van der Waals surface area contributed by atoms with Crippen molar-refractivity contribution in [3.05, 3.63) is 107 Å². The van der Waals surface area contributed by atoms with Crippen molar-refractivity contribution in [2.75, 3.05) is 0 Å². The van der Waals surface area contributed by atoms with Crippen LogP contribution in [0.25, 0.3) is 24.3 Å². The predicted octanol–water partition coefficient (Wildman–Crippen LogP) is 6.46. The zero-order valence-corrected chi connectivity index (χ0v) is 14.4. The summed E-state index contributed by atoms with van der Waals surface area (Å²) in [5.41, 5.74) is 6.06. The van der Waals surface area contributed by atoms with E-state index in [1.165, 1.54) is 27.8 Å². The van der Waals surface area contributed by atoms with Crippen LogP contribution in [0.15, 0.2) is 78.9 Å². The van der Waals surface area contributed by atoms with E-state index in [0.717, 1.165) is 5.75 Å². The van der Waals surface area contributed by atoms with E-state index in [9.17, 15) is 0 Å². The van der Waals surface area contributed by atoms with Crippen LogP contribution in [0.5, 0.6) is 0 Å². The van der Waals surface area contributed by atoms with Crippen molar-refractivity contribution in [2.24, 2.45) is 0 Å². The summed E-state index contributed by atoms with van der Waals surface area (Å²) in [6.45, 7) is 0. The van der Waals surface area contributed by atoms with E-state index in [0.29, 0.717) is 0 Å². The quantitative estimate of drug-likeness (QED) is 0.403. The highest BCUT2D eigenvalue weighted by atomic mass is 32.1. The molecule has 0 radical (unpaired) electrons. The van der Waals surface area contributed by atoms with E-state index in [1.807, 2.05) is 6.07 Å². The van der Waals surface area contributed by atoms with E-state index >= 15 is 0 Å². The van der Waals surface area contributed by atoms with E-state index in [1.54, 1.807) is 0 Å². The van der Waals surface area contributed by atoms with Crippen LogP contribution < -0.4 is 0 Å². The molecular weight excluding hydrogens is 308 g/mol. The lowest BCUT2D eigenvalue weighted by molar-refractivity contribution is 1.42. The van der Waals surface area contributed by atoms with Gasteiger partial charge in [0, 0.05) is 5.75 Å². The first-order chi connectivity index (χ1) is 11.8. The topological polar surface area (TPSA) is 0 Å². The van der Waals surface area contributed by atoms with E-state index in [2.05, 4.69) is 110 Å². The summed E-state index contributed by atoms with van der Waals surface area (Å²) < 4.78 is 0. The number of hydrogen-bond acceptors (Lipinski definition) is 1. The molecule has 1 heteroatoms. The molecule has 0 bridgehead atoms. The van der Waals surface area contributed by atoms with E-state index in [-0.39, 0.29) is 0 Å². The lowest BCUT2D eigenvalue weighted by Crippen LogP contribution is -1.78. The first kappa shape index (κ1) is 16.4. The molecule has 3 rings (SSSR count). The average molecular weight is 328 g/mol. The maximum Gasteiger partial charge on any atom is 0.0154 e. The molecule has 0 unspecified atom stereocenters. The van der Waals surface area contributed by atoms with Crippen molar-refractivity contribution in [2.45, 2.75) is 5.75 Å². The zero-order valence-electron chi connectivity index (χ0n) is 13.5. The van der Waals surface area contributed by atoms with E-state index < -0.39 is 0 Å². The van der Waals surface area contributed by atoms with Crippen molar-refractivity contribution in [1.29, 1.82) is 0 Å². The molecule has 3 aromatic rings. The summed E-state index contributed by atoms with van der Waals surface area (Å²) in [5.74, 6) is 0.780. The molecule has 0 spiro atoms. The minimum absolute atomic E-state index is 0.780. The van der Waals surface area contributed by atoms with Gasteiger partial charge >= 0.3 is 0 Å². The lowest BCUT2D eigenvalue weighted by Gasteiger charge is -1.99. The SMILES string of the molecule is SCc1ccc(/C=C/c2ccc(/C=C/c3ccccc3)cc2)cc1. The molecule has 0 fully saturated rings. The van der Waals surface area contributed by atoms with Crippen LogP contribution in [0.1, 0.15) is 27.8 Å². The number of thiol groups is 1. The Kier molecular flexibility index (Phi) is 5.70. The molecule has 0 heterocycles. The molecule has 3 aromatic carbocycles. The van der Waals surface area contributed by atoms with Crippen molar-refractivity contribution in [3.8, 4) is 0 Å². The third-order valence-corrected chi connectivity index (χ3v) is 4.20. The van der Waals surface area contributed by atoms with Gasteiger partial charge in [-0.25, -0.2) is 0 Å². The summed E-state index contributed by atoms with van der Waals surface area (Å²) in [6, 6.07) is 27.4. The van der Waals surface area contributed by atoms with Gasteiger partial charge in [-0.3, -0.25) is 0 Å². The Morgan fingerprint density at radius 3 is 1.29 bits per heavy atom. The molecule has 0 aliphatic carbocycles. The van der Waals surface area contributed by atoms with Crippen LogP contribution in [-0.2, 0) is 5.75 Å². The molecule has 0 aliphatic heterocycles. The van der Waals surface area contributed by atoms with Crippen LogP contribution in [0.3, 0.4) is 0 Å². The first-order valence-corrected chi connectivity index (χ1v) is 8.68. The smallest absolute Gasteiger partial charge is 0.0154 e. The Morgan fingerprint density at radius 2 is 0.875 bits per heavy atom. The average Bonchev–Trinajstić information content (AvgIpc) is 2.67. The Bertz CT molecular complexity index is 810. The lowest BCUT2D eigenvalue weighted by atomic mass is 10.1. The second-order valence-corrected chi connectivity index (χ2v) is 5.96. The van der Waals surface area contributed by atoms with Gasteiger partial charge in [0.1, 0.15) is 0 Å². The second-order valence-electron chi connectivity index (χ2n) is 5.64. The largest absolute Gasteiger partial charge is 0.175 e. The normalized spacial score (nSPS) is 11.4. The molecule has 0 saturated heterocycles. The Morgan fingerprint density at radius 1 is 0.500 bits per heavy atom. The highest BCUT2D eigenvalue weighted by molar-refractivity contribution is 7.79.